The van der Waals surface area contributed by atoms with Gasteiger partial charge in [0.25, 0.3) is 0 Å². The Morgan fingerprint density at radius 2 is 2.00 bits per heavy atom. The fourth-order valence-corrected chi connectivity index (χ4v) is 2.16. The lowest BCUT2D eigenvalue weighted by Gasteiger charge is -2.29. The average molecular weight is 247 g/mol. The van der Waals surface area contributed by atoms with Crippen LogP contribution in [0.3, 0.4) is 0 Å². The standard InChI is InChI=1S/C12H22N2O.ClH/c1-12(8-13,10-5-6-10)14-11(15)7-4-9-2-3-9;/h9-10H,2-8,13H2,1H3,(H,14,15);1H. The van der Waals surface area contributed by atoms with E-state index >= 15 is 0 Å². The van der Waals surface area contributed by atoms with Crippen LogP contribution in [0, 0.1) is 11.8 Å². The largest absolute Gasteiger partial charge is 0.349 e. The molecular formula is C12H23ClN2O. The molecule has 3 N–H and O–H groups in total. The van der Waals surface area contributed by atoms with Crippen molar-refractivity contribution in [1.29, 1.82) is 0 Å². The van der Waals surface area contributed by atoms with Gasteiger partial charge in [-0.25, -0.2) is 0 Å². The number of halogens is 1. The molecule has 2 saturated carbocycles. The molecule has 1 atom stereocenters. The SMILES string of the molecule is CC(CN)(NC(=O)CCC1CC1)C1CC1.Cl. The Morgan fingerprint density at radius 1 is 1.38 bits per heavy atom. The number of rotatable bonds is 6. The summed E-state index contributed by atoms with van der Waals surface area (Å²) < 4.78 is 0. The van der Waals surface area contributed by atoms with E-state index in [0.717, 1.165) is 12.3 Å². The van der Waals surface area contributed by atoms with E-state index in [1.807, 2.05) is 0 Å². The summed E-state index contributed by atoms with van der Waals surface area (Å²) in [4.78, 5) is 11.7. The maximum Gasteiger partial charge on any atom is 0.220 e. The van der Waals surface area contributed by atoms with Crippen LogP contribution in [0.15, 0.2) is 0 Å². The Morgan fingerprint density at radius 3 is 2.44 bits per heavy atom. The molecule has 2 aliphatic rings. The molecule has 2 fully saturated rings. The van der Waals surface area contributed by atoms with Gasteiger partial charge in [0, 0.05) is 13.0 Å². The molecule has 0 bridgehead atoms. The molecule has 0 spiro atoms. The van der Waals surface area contributed by atoms with Gasteiger partial charge in [0.1, 0.15) is 0 Å². The van der Waals surface area contributed by atoms with Crippen LogP contribution in [-0.2, 0) is 4.79 Å². The van der Waals surface area contributed by atoms with Crippen molar-refractivity contribution in [2.24, 2.45) is 17.6 Å². The summed E-state index contributed by atoms with van der Waals surface area (Å²) in [5.41, 5.74) is 5.61. The fraction of sp³-hybridized carbons (Fsp3) is 0.917. The topological polar surface area (TPSA) is 55.1 Å². The van der Waals surface area contributed by atoms with Gasteiger partial charge in [-0.05, 0) is 38.0 Å². The zero-order valence-corrected chi connectivity index (χ0v) is 10.8. The first-order chi connectivity index (χ1) is 7.14. The van der Waals surface area contributed by atoms with E-state index in [2.05, 4.69) is 12.2 Å². The normalized spacial score (nSPS) is 23.1. The molecule has 0 aromatic heterocycles. The highest BCUT2D eigenvalue weighted by Crippen LogP contribution is 2.39. The molecule has 3 nitrogen and oxygen atoms in total. The molecule has 94 valence electrons. The third-order valence-electron chi connectivity index (χ3n) is 3.80. The van der Waals surface area contributed by atoms with E-state index in [0.29, 0.717) is 18.9 Å². The minimum atomic E-state index is -0.138. The van der Waals surface area contributed by atoms with Gasteiger partial charge in [-0.2, -0.15) is 0 Å². The molecule has 1 amide bonds. The number of carbonyl (C=O) groups is 1. The lowest BCUT2D eigenvalue weighted by atomic mass is 9.95. The smallest absolute Gasteiger partial charge is 0.220 e. The van der Waals surface area contributed by atoms with Crippen molar-refractivity contribution in [3.05, 3.63) is 0 Å². The van der Waals surface area contributed by atoms with E-state index in [4.69, 9.17) is 5.73 Å². The average Bonchev–Trinajstić information content (AvgIpc) is 3.04. The van der Waals surface area contributed by atoms with Gasteiger partial charge < -0.3 is 11.1 Å². The predicted octanol–water partition coefficient (Wildman–Crippen LogP) is 1.84. The van der Waals surface area contributed by atoms with E-state index in [-0.39, 0.29) is 23.9 Å². The number of carbonyl (C=O) groups excluding carboxylic acids is 1. The Kier molecular flexibility index (Phi) is 4.62. The second-order valence-electron chi connectivity index (χ2n) is 5.43. The highest BCUT2D eigenvalue weighted by molar-refractivity contribution is 5.85. The summed E-state index contributed by atoms with van der Waals surface area (Å²) in [6.45, 7) is 2.65. The van der Waals surface area contributed by atoms with Gasteiger partial charge in [0.2, 0.25) is 5.91 Å². The predicted molar refractivity (Wildman–Crippen MR) is 67.5 cm³/mol. The molecule has 0 saturated heterocycles. The van der Waals surface area contributed by atoms with Crippen LogP contribution in [0.5, 0.6) is 0 Å². The number of amides is 1. The Bertz CT molecular complexity index is 251. The third-order valence-corrected chi connectivity index (χ3v) is 3.80. The lowest BCUT2D eigenvalue weighted by Crippen LogP contribution is -2.53. The van der Waals surface area contributed by atoms with Crippen LogP contribution < -0.4 is 11.1 Å². The molecule has 4 heteroatoms. The van der Waals surface area contributed by atoms with Crippen LogP contribution in [-0.4, -0.2) is 18.0 Å². The van der Waals surface area contributed by atoms with Crippen LogP contribution in [0.4, 0.5) is 0 Å². The highest BCUT2D eigenvalue weighted by Gasteiger charge is 2.41. The van der Waals surface area contributed by atoms with Crippen molar-refractivity contribution < 1.29 is 4.79 Å². The van der Waals surface area contributed by atoms with Crippen molar-refractivity contribution in [3.8, 4) is 0 Å². The van der Waals surface area contributed by atoms with E-state index in [1.165, 1.54) is 25.7 Å². The fourth-order valence-electron chi connectivity index (χ4n) is 2.16. The van der Waals surface area contributed by atoms with Crippen LogP contribution >= 0.6 is 12.4 Å². The number of nitrogens with two attached hydrogens (primary N) is 1. The van der Waals surface area contributed by atoms with Crippen LogP contribution in [0.2, 0.25) is 0 Å². The summed E-state index contributed by atoms with van der Waals surface area (Å²) in [5, 5.41) is 3.12. The maximum atomic E-state index is 11.7. The first-order valence-electron chi connectivity index (χ1n) is 6.15. The highest BCUT2D eigenvalue weighted by atomic mass is 35.5. The molecule has 0 aliphatic heterocycles. The molecule has 0 aromatic rings. The minimum absolute atomic E-state index is 0. The van der Waals surface area contributed by atoms with Crippen molar-refractivity contribution in [2.75, 3.05) is 6.54 Å². The van der Waals surface area contributed by atoms with Crippen LogP contribution in [0.1, 0.15) is 45.4 Å². The third kappa shape index (κ3) is 3.63. The minimum Gasteiger partial charge on any atom is -0.349 e. The first kappa shape index (κ1) is 13.8. The van der Waals surface area contributed by atoms with Crippen LogP contribution in [0.25, 0.3) is 0 Å². The second-order valence-corrected chi connectivity index (χ2v) is 5.43. The van der Waals surface area contributed by atoms with Crippen molar-refractivity contribution >= 4 is 18.3 Å². The van der Waals surface area contributed by atoms with Crippen molar-refractivity contribution in [1.82, 2.24) is 5.32 Å². The zero-order chi connectivity index (χ0) is 10.9. The van der Waals surface area contributed by atoms with Gasteiger partial charge in [0.15, 0.2) is 0 Å². The summed E-state index contributed by atoms with van der Waals surface area (Å²) in [7, 11) is 0. The summed E-state index contributed by atoms with van der Waals surface area (Å²) >= 11 is 0. The Hall–Kier alpha value is -0.280. The van der Waals surface area contributed by atoms with Gasteiger partial charge >= 0.3 is 0 Å². The van der Waals surface area contributed by atoms with Crippen molar-refractivity contribution in [3.63, 3.8) is 0 Å². The van der Waals surface area contributed by atoms with Gasteiger partial charge in [-0.15, -0.1) is 12.4 Å². The van der Waals surface area contributed by atoms with Gasteiger partial charge in [0.05, 0.1) is 5.54 Å². The molecular weight excluding hydrogens is 224 g/mol. The first-order valence-corrected chi connectivity index (χ1v) is 6.15. The van der Waals surface area contributed by atoms with E-state index in [9.17, 15) is 4.79 Å². The summed E-state index contributed by atoms with van der Waals surface area (Å²) in [5.74, 6) is 1.65. The number of hydrogen-bond acceptors (Lipinski definition) is 2. The Balaban J connectivity index is 0.00000128. The monoisotopic (exact) mass is 246 g/mol. The number of nitrogens with one attached hydrogen (secondary N) is 1. The molecule has 2 rings (SSSR count). The summed E-state index contributed by atoms with van der Waals surface area (Å²) in [6.07, 6.45) is 6.84. The molecule has 2 aliphatic carbocycles. The lowest BCUT2D eigenvalue weighted by molar-refractivity contribution is -0.123. The van der Waals surface area contributed by atoms with Crippen molar-refractivity contribution in [2.45, 2.75) is 51.0 Å². The zero-order valence-electron chi connectivity index (χ0n) is 10.00. The maximum absolute atomic E-state index is 11.7. The van der Waals surface area contributed by atoms with E-state index in [1.54, 1.807) is 0 Å². The quantitative estimate of drug-likeness (QED) is 0.752. The van der Waals surface area contributed by atoms with Gasteiger partial charge in [-0.1, -0.05) is 12.8 Å². The van der Waals surface area contributed by atoms with Gasteiger partial charge in [-0.3, -0.25) is 4.79 Å². The molecule has 16 heavy (non-hydrogen) atoms. The second kappa shape index (κ2) is 5.37. The number of hydrogen-bond donors (Lipinski definition) is 2. The molecule has 0 radical (unpaired) electrons. The molecule has 0 heterocycles. The van der Waals surface area contributed by atoms with E-state index < -0.39 is 0 Å². The molecule has 0 aromatic carbocycles. The summed E-state index contributed by atoms with van der Waals surface area (Å²) in [6, 6.07) is 0. The Labute approximate surface area is 104 Å². The molecule has 1 unspecified atom stereocenters.